The molecule has 0 fully saturated rings. The van der Waals surface area contributed by atoms with E-state index in [2.05, 4.69) is 0 Å². The number of fused-ring (bicyclic) bond motifs is 1. The van der Waals surface area contributed by atoms with Gasteiger partial charge in [-0.1, -0.05) is 12.1 Å². The molecule has 7 nitrogen and oxygen atoms in total. The zero-order valence-electron chi connectivity index (χ0n) is 10.7. The van der Waals surface area contributed by atoms with E-state index in [1.54, 1.807) is 24.4 Å². The van der Waals surface area contributed by atoms with Gasteiger partial charge in [0.25, 0.3) is 15.9 Å². The first-order valence-electron chi connectivity index (χ1n) is 5.91. The summed E-state index contributed by atoms with van der Waals surface area (Å²) in [5.41, 5.74) is 6.84. The van der Waals surface area contributed by atoms with Gasteiger partial charge in [-0.3, -0.25) is 9.36 Å². The summed E-state index contributed by atoms with van der Waals surface area (Å²) in [6.07, 6.45) is 1.54. The van der Waals surface area contributed by atoms with Crippen LogP contribution in [0.5, 0.6) is 0 Å². The van der Waals surface area contributed by atoms with Crippen LogP contribution in [0.2, 0.25) is 0 Å². The summed E-state index contributed by atoms with van der Waals surface area (Å²) < 4.78 is 28.6. The van der Waals surface area contributed by atoms with Gasteiger partial charge in [-0.05, 0) is 24.3 Å². The molecule has 0 amide bonds. The van der Waals surface area contributed by atoms with Crippen LogP contribution in [0.25, 0.3) is 10.9 Å². The molecule has 2 aromatic heterocycles. The predicted molar refractivity (Wildman–Crippen MR) is 76.2 cm³/mol. The number of para-hydroxylation sites is 1. The minimum Gasteiger partial charge on any atom is -0.438 e. The van der Waals surface area contributed by atoms with E-state index in [-0.39, 0.29) is 5.76 Å². The summed E-state index contributed by atoms with van der Waals surface area (Å²) in [5, 5.41) is 5.27. The fourth-order valence-electron chi connectivity index (χ4n) is 2.10. The second-order valence-corrected chi connectivity index (χ2v) is 5.93. The van der Waals surface area contributed by atoms with E-state index in [9.17, 15) is 13.2 Å². The minimum absolute atomic E-state index is 0.139. The molecule has 4 N–H and O–H groups in total. The SMILES string of the molecule is Nc1cccc2ccn(C(=O)c3ccc(S(N)(=O)=O)o3)c12. The molecule has 0 spiro atoms. The molecule has 0 radical (unpaired) electrons. The summed E-state index contributed by atoms with van der Waals surface area (Å²) in [6.45, 7) is 0. The van der Waals surface area contributed by atoms with Gasteiger partial charge in [-0.2, -0.15) is 0 Å². The molecule has 0 aliphatic rings. The Balaban J connectivity index is 2.11. The maximum absolute atomic E-state index is 12.4. The summed E-state index contributed by atoms with van der Waals surface area (Å²) >= 11 is 0. The lowest BCUT2D eigenvalue weighted by Gasteiger charge is -2.04. The summed E-state index contributed by atoms with van der Waals surface area (Å²) in [4.78, 5) is 12.4. The maximum Gasteiger partial charge on any atom is 0.298 e. The van der Waals surface area contributed by atoms with Gasteiger partial charge in [0.1, 0.15) is 0 Å². The molecule has 8 heteroatoms. The van der Waals surface area contributed by atoms with E-state index in [1.807, 2.05) is 6.07 Å². The van der Waals surface area contributed by atoms with Crippen LogP contribution < -0.4 is 10.9 Å². The highest BCUT2D eigenvalue weighted by atomic mass is 32.2. The number of nitrogen functional groups attached to an aromatic ring is 1. The standard InChI is InChI=1S/C13H11N3O4S/c14-9-3-1-2-8-6-7-16(12(8)9)13(17)10-4-5-11(20-10)21(15,18)19/h1-7H,14H2,(H2,15,18,19). The first-order valence-corrected chi connectivity index (χ1v) is 7.45. The van der Waals surface area contributed by atoms with E-state index >= 15 is 0 Å². The summed E-state index contributed by atoms with van der Waals surface area (Å²) in [6, 6.07) is 9.38. The lowest BCUT2D eigenvalue weighted by atomic mass is 10.2. The fourth-order valence-corrected chi connectivity index (χ4v) is 2.56. The van der Waals surface area contributed by atoms with Gasteiger partial charge in [-0.25, -0.2) is 13.6 Å². The monoisotopic (exact) mass is 305 g/mol. The number of carbonyl (C=O) groups is 1. The summed E-state index contributed by atoms with van der Waals surface area (Å²) in [5.74, 6) is -0.669. The molecule has 0 saturated carbocycles. The summed E-state index contributed by atoms with van der Waals surface area (Å²) in [7, 11) is -3.99. The van der Waals surface area contributed by atoms with Gasteiger partial charge in [-0.15, -0.1) is 0 Å². The van der Waals surface area contributed by atoms with Gasteiger partial charge in [0.2, 0.25) is 5.09 Å². The van der Waals surface area contributed by atoms with Crippen LogP contribution >= 0.6 is 0 Å². The number of primary sulfonamides is 1. The van der Waals surface area contributed by atoms with Crippen molar-refractivity contribution in [1.29, 1.82) is 0 Å². The van der Waals surface area contributed by atoms with E-state index < -0.39 is 21.0 Å². The van der Waals surface area contributed by atoms with Crippen molar-refractivity contribution in [3.05, 3.63) is 48.4 Å². The molecule has 0 bridgehead atoms. The highest BCUT2D eigenvalue weighted by molar-refractivity contribution is 7.89. The maximum atomic E-state index is 12.4. The normalized spacial score (nSPS) is 11.9. The molecular weight excluding hydrogens is 294 g/mol. The molecule has 0 unspecified atom stereocenters. The molecule has 0 saturated heterocycles. The number of hydrogen-bond acceptors (Lipinski definition) is 5. The average molecular weight is 305 g/mol. The van der Waals surface area contributed by atoms with Gasteiger partial charge in [0.05, 0.1) is 11.2 Å². The van der Waals surface area contributed by atoms with Crippen molar-refractivity contribution in [2.45, 2.75) is 5.09 Å². The molecular formula is C13H11N3O4S. The van der Waals surface area contributed by atoms with Crippen LogP contribution in [0.1, 0.15) is 10.6 Å². The molecule has 3 rings (SSSR count). The number of hydrogen-bond donors (Lipinski definition) is 2. The number of carbonyl (C=O) groups excluding carboxylic acids is 1. The smallest absolute Gasteiger partial charge is 0.298 e. The third-order valence-corrected chi connectivity index (χ3v) is 3.81. The molecule has 0 aliphatic heterocycles. The van der Waals surface area contributed by atoms with Crippen LogP contribution in [-0.2, 0) is 10.0 Å². The van der Waals surface area contributed by atoms with Gasteiger partial charge < -0.3 is 10.2 Å². The van der Waals surface area contributed by atoms with E-state index in [0.29, 0.717) is 11.2 Å². The number of benzene rings is 1. The van der Waals surface area contributed by atoms with Gasteiger partial charge in [0.15, 0.2) is 5.76 Å². The number of anilines is 1. The van der Waals surface area contributed by atoms with Crippen LogP contribution in [0.15, 0.2) is 52.1 Å². The van der Waals surface area contributed by atoms with Crippen molar-refractivity contribution in [2.75, 3.05) is 5.73 Å². The van der Waals surface area contributed by atoms with Crippen molar-refractivity contribution < 1.29 is 17.6 Å². The fraction of sp³-hybridized carbons (Fsp3) is 0. The zero-order valence-corrected chi connectivity index (χ0v) is 11.5. The Hall–Kier alpha value is -2.58. The predicted octanol–water partition coefficient (Wildman–Crippen LogP) is 1.15. The first kappa shape index (κ1) is 13.4. The molecule has 1 aromatic carbocycles. The Bertz CT molecular complexity index is 953. The lowest BCUT2D eigenvalue weighted by molar-refractivity contribution is 0.0932. The van der Waals surface area contributed by atoms with E-state index in [0.717, 1.165) is 11.5 Å². The lowest BCUT2D eigenvalue weighted by Crippen LogP contribution is -2.12. The zero-order chi connectivity index (χ0) is 15.2. The quantitative estimate of drug-likeness (QED) is 0.688. The van der Waals surface area contributed by atoms with Crippen LogP contribution in [0.3, 0.4) is 0 Å². The number of nitrogens with two attached hydrogens (primary N) is 2. The third-order valence-electron chi connectivity index (χ3n) is 3.03. The van der Waals surface area contributed by atoms with E-state index in [4.69, 9.17) is 15.3 Å². The number of sulfonamides is 1. The Labute approximate surface area is 119 Å². The van der Waals surface area contributed by atoms with Gasteiger partial charge >= 0.3 is 0 Å². The number of furan rings is 1. The molecule has 0 atom stereocenters. The average Bonchev–Trinajstić information content (AvgIpc) is 3.05. The number of rotatable bonds is 2. The Morgan fingerprint density at radius 2 is 1.90 bits per heavy atom. The minimum atomic E-state index is -3.99. The Morgan fingerprint density at radius 1 is 1.14 bits per heavy atom. The van der Waals surface area contributed by atoms with E-state index in [1.165, 1.54) is 10.6 Å². The second-order valence-electron chi connectivity index (χ2n) is 4.44. The van der Waals surface area contributed by atoms with Crippen LogP contribution in [0, 0.1) is 0 Å². The topological polar surface area (TPSA) is 121 Å². The molecule has 3 aromatic rings. The Morgan fingerprint density at radius 3 is 2.57 bits per heavy atom. The van der Waals surface area contributed by atoms with Crippen LogP contribution in [0.4, 0.5) is 5.69 Å². The van der Waals surface area contributed by atoms with Crippen LogP contribution in [-0.4, -0.2) is 18.9 Å². The first-order chi connectivity index (χ1) is 9.88. The number of nitrogens with zero attached hydrogens (tertiary/aromatic N) is 1. The molecule has 108 valence electrons. The van der Waals surface area contributed by atoms with Crippen molar-refractivity contribution in [3.8, 4) is 0 Å². The van der Waals surface area contributed by atoms with Crippen molar-refractivity contribution >= 4 is 32.5 Å². The van der Waals surface area contributed by atoms with Crippen molar-refractivity contribution in [3.63, 3.8) is 0 Å². The third kappa shape index (κ3) is 2.20. The molecule has 2 heterocycles. The molecule has 0 aliphatic carbocycles. The highest BCUT2D eigenvalue weighted by Gasteiger charge is 2.20. The highest BCUT2D eigenvalue weighted by Crippen LogP contribution is 2.23. The van der Waals surface area contributed by atoms with Crippen molar-refractivity contribution in [2.24, 2.45) is 5.14 Å². The molecule has 21 heavy (non-hydrogen) atoms. The van der Waals surface area contributed by atoms with Crippen molar-refractivity contribution in [1.82, 2.24) is 4.57 Å². The van der Waals surface area contributed by atoms with Gasteiger partial charge in [0, 0.05) is 11.6 Å². The number of aromatic nitrogens is 1. The largest absolute Gasteiger partial charge is 0.438 e. The Kier molecular flexibility index (Phi) is 2.85. The second kappa shape index (κ2) is 4.47.